The molecule has 0 saturated heterocycles. The second kappa shape index (κ2) is 4.43. The number of alkyl halides is 3. The monoisotopic (exact) mass is 266 g/mol. The maximum Gasteiger partial charge on any atom is 0.398 e. The summed E-state index contributed by atoms with van der Waals surface area (Å²) in [6, 6.07) is 0. The van der Waals surface area contributed by atoms with E-state index in [2.05, 4.69) is 33.9 Å². The van der Waals surface area contributed by atoms with Crippen molar-refractivity contribution in [3.05, 3.63) is 11.6 Å². The van der Waals surface area contributed by atoms with Gasteiger partial charge in [-0.1, -0.05) is 32.4 Å². The lowest BCUT2D eigenvalue weighted by Crippen LogP contribution is -2.41. The summed E-state index contributed by atoms with van der Waals surface area (Å²) in [6.07, 6.45) is -2.39. The van der Waals surface area contributed by atoms with Gasteiger partial charge in [0.05, 0.1) is 5.92 Å². The number of hydrogen-bond acceptors (Lipinski definition) is 1. The summed E-state index contributed by atoms with van der Waals surface area (Å²) in [5, 5.41) is 0.106. The average molecular weight is 266 g/mol. The summed E-state index contributed by atoms with van der Waals surface area (Å²) in [7, 11) is -1.82. The lowest BCUT2D eigenvalue weighted by molar-refractivity contribution is -0.142. The van der Waals surface area contributed by atoms with Crippen molar-refractivity contribution < 1.29 is 17.6 Å². The third kappa shape index (κ3) is 3.84. The molecule has 0 aromatic carbocycles. The Morgan fingerprint density at radius 1 is 1.24 bits per heavy atom. The second-order valence-electron chi connectivity index (χ2n) is 6.12. The SMILES string of the molecule is CC(C)(C)[Si](C)(C)OCCC1=C[C@@H]1C(F)(F)F. The molecule has 0 heterocycles. The van der Waals surface area contributed by atoms with E-state index in [9.17, 15) is 13.2 Å². The highest BCUT2D eigenvalue weighted by Gasteiger charge is 2.47. The maximum absolute atomic E-state index is 12.3. The van der Waals surface area contributed by atoms with Gasteiger partial charge in [0.2, 0.25) is 0 Å². The van der Waals surface area contributed by atoms with Crippen molar-refractivity contribution in [1.82, 2.24) is 0 Å². The van der Waals surface area contributed by atoms with E-state index in [0.717, 1.165) is 0 Å². The van der Waals surface area contributed by atoms with E-state index in [1.807, 2.05) is 0 Å². The zero-order valence-corrected chi connectivity index (χ0v) is 12.1. The highest BCUT2D eigenvalue weighted by molar-refractivity contribution is 6.74. The quantitative estimate of drug-likeness (QED) is 0.537. The number of allylic oxidation sites excluding steroid dienone is 1. The van der Waals surface area contributed by atoms with Crippen LogP contribution < -0.4 is 0 Å². The molecule has 100 valence electrons. The summed E-state index contributed by atoms with van der Waals surface area (Å²) in [5.41, 5.74) is 0.483. The number of rotatable bonds is 4. The fraction of sp³-hybridized carbons (Fsp3) is 0.833. The van der Waals surface area contributed by atoms with E-state index in [4.69, 9.17) is 4.43 Å². The molecular weight excluding hydrogens is 245 g/mol. The highest BCUT2D eigenvalue weighted by Crippen LogP contribution is 2.45. The molecule has 0 spiro atoms. The minimum atomic E-state index is -4.09. The Morgan fingerprint density at radius 2 is 1.76 bits per heavy atom. The standard InChI is InChI=1S/C12H21F3OSi/c1-11(2,3)17(4,5)16-7-6-9-8-10(9)12(13,14)15/h8,10H,6-7H2,1-5H3/t10-/m0/s1. The van der Waals surface area contributed by atoms with Crippen LogP contribution in [0.5, 0.6) is 0 Å². The van der Waals surface area contributed by atoms with Gasteiger partial charge < -0.3 is 4.43 Å². The molecule has 1 aliphatic rings. The normalized spacial score (nSPS) is 21.4. The first kappa shape index (κ1) is 14.8. The van der Waals surface area contributed by atoms with Crippen LogP contribution in [0.25, 0.3) is 0 Å². The topological polar surface area (TPSA) is 9.23 Å². The fourth-order valence-electron chi connectivity index (χ4n) is 1.35. The van der Waals surface area contributed by atoms with Crippen LogP contribution in [0.4, 0.5) is 13.2 Å². The van der Waals surface area contributed by atoms with Crippen LogP contribution in [0.15, 0.2) is 11.6 Å². The van der Waals surface area contributed by atoms with Crippen molar-refractivity contribution in [2.45, 2.75) is 51.5 Å². The molecule has 1 aliphatic carbocycles. The van der Waals surface area contributed by atoms with E-state index in [1.54, 1.807) is 0 Å². The first-order chi connectivity index (χ1) is 7.45. The van der Waals surface area contributed by atoms with Crippen LogP contribution >= 0.6 is 0 Å². The van der Waals surface area contributed by atoms with Crippen molar-refractivity contribution >= 4 is 8.32 Å². The van der Waals surface area contributed by atoms with Crippen molar-refractivity contribution in [2.75, 3.05) is 6.61 Å². The van der Waals surface area contributed by atoms with Gasteiger partial charge in [-0.15, -0.1) is 0 Å². The third-order valence-corrected chi connectivity index (χ3v) is 8.22. The van der Waals surface area contributed by atoms with E-state index < -0.39 is 20.4 Å². The molecule has 0 aromatic rings. The molecule has 0 fully saturated rings. The molecule has 0 amide bonds. The van der Waals surface area contributed by atoms with Gasteiger partial charge in [-0.3, -0.25) is 0 Å². The van der Waals surface area contributed by atoms with E-state index >= 15 is 0 Å². The van der Waals surface area contributed by atoms with Gasteiger partial charge in [0.25, 0.3) is 0 Å². The van der Waals surface area contributed by atoms with Crippen LogP contribution in [-0.4, -0.2) is 21.1 Å². The third-order valence-electron chi connectivity index (χ3n) is 3.68. The Bertz CT molecular complexity index is 313. The minimum Gasteiger partial charge on any atom is -0.417 e. The summed E-state index contributed by atoms with van der Waals surface area (Å²) < 4.78 is 42.6. The van der Waals surface area contributed by atoms with E-state index in [1.165, 1.54) is 6.08 Å². The predicted molar refractivity (Wildman–Crippen MR) is 65.4 cm³/mol. The van der Waals surface area contributed by atoms with Crippen molar-refractivity contribution in [3.8, 4) is 0 Å². The summed E-state index contributed by atoms with van der Waals surface area (Å²) >= 11 is 0. The minimum absolute atomic E-state index is 0.106. The molecule has 5 heteroatoms. The molecule has 1 nitrogen and oxygen atoms in total. The van der Waals surface area contributed by atoms with Crippen molar-refractivity contribution in [3.63, 3.8) is 0 Å². The van der Waals surface area contributed by atoms with E-state index in [0.29, 0.717) is 18.6 Å². The van der Waals surface area contributed by atoms with Gasteiger partial charge in [-0.05, 0) is 24.6 Å². The average Bonchev–Trinajstić information content (AvgIpc) is 2.79. The predicted octanol–water partition coefficient (Wildman–Crippen LogP) is 4.52. The van der Waals surface area contributed by atoms with Gasteiger partial charge >= 0.3 is 6.18 Å². The van der Waals surface area contributed by atoms with Crippen molar-refractivity contribution in [1.29, 1.82) is 0 Å². The van der Waals surface area contributed by atoms with Gasteiger partial charge in [-0.2, -0.15) is 13.2 Å². The zero-order valence-electron chi connectivity index (χ0n) is 11.1. The lowest BCUT2D eigenvalue weighted by atomic mass is 10.2. The smallest absolute Gasteiger partial charge is 0.398 e. The van der Waals surface area contributed by atoms with Crippen LogP contribution in [0.3, 0.4) is 0 Å². The zero-order chi connectivity index (χ0) is 13.5. The molecule has 0 radical (unpaired) electrons. The molecule has 0 aromatic heterocycles. The molecule has 0 unspecified atom stereocenters. The Hall–Kier alpha value is -0.293. The molecule has 17 heavy (non-hydrogen) atoms. The van der Waals surface area contributed by atoms with Gasteiger partial charge in [-0.25, -0.2) is 0 Å². The molecule has 1 atom stereocenters. The maximum atomic E-state index is 12.3. The molecule has 0 N–H and O–H groups in total. The molecular formula is C12H21F3OSi. The first-order valence-corrected chi connectivity index (χ1v) is 8.77. The lowest BCUT2D eigenvalue weighted by Gasteiger charge is -2.36. The largest absolute Gasteiger partial charge is 0.417 e. The Morgan fingerprint density at radius 3 is 2.12 bits per heavy atom. The van der Waals surface area contributed by atoms with Crippen LogP contribution in [0.2, 0.25) is 18.1 Å². The van der Waals surface area contributed by atoms with E-state index in [-0.39, 0.29) is 5.04 Å². The van der Waals surface area contributed by atoms with Gasteiger partial charge in [0, 0.05) is 6.61 Å². The summed E-state index contributed by atoms with van der Waals surface area (Å²) in [5.74, 6) is -1.27. The number of halogens is 3. The Kier molecular flexibility index (Phi) is 3.84. The van der Waals surface area contributed by atoms with Gasteiger partial charge in [0.1, 0.15) is 0 Å². The molecule has 0 bridgehead atoms. The van der Waals surface area contributed by atoms with Crippen molar-refractivity contribution in [2.24, 2.45) is 5.92 Å². The molecule has 0 aliphatic heterocycles. The first-order valence-electron chi connectivity index (χ1n) is 5.86. The Balaban J connectivity index is 2.30. The number of hydrogen-bond donors (Lipinski definition) is 0. The summed E-state index contributed by atoms with van der Waals surface area (Å²) in [4.78, 5) is 0. The van der Waals surface area contributed by atoms with Crippen LogP contribution in [0.1, 0.15) is 27.2 Å². The van der Waals surface area contributed by atoms with Crippen LogP contribution in [0, 0.1) is 5.92 Å². The highest BCUT2D eigenvalue weighted by atomic mass is 28.4. The second-order valence-corrected chi connectivity index (χ2v) is 10.9. The van der Waals surface area contributed by atoms with Gasteiger partial charge in [0.15, 0.2) is 8.32 Å². The molecule has 0 saturated carbocycles. The van der Waals surface area contributed by atoms with Crippen LogP contribution in [-0.2, 0) is 4.43 Å². The fourth-order valence-corrected chi connectivity index (χ4v) is 2.40. The summed E-state index contributed by atoms with van der Waals surface area (Å²) in [6.45, 7) is 11.0. The molecule has 1 rings (SSSR count). The Labute approximate surface area is 102 Å².